The zero-order valence-corrected chi connectivity index (χ0v) is 10.5. The topological polar surface area (TPSA) is 112 Å². The molecule has 0 aliphatic heterocycles. The predicted octanol–water partition coefficient (Wildman–Crippen LogP) is 1.90. The van der Waals surface area contributed by atoms with Crippen LogP contribution in [0.5, 0.6) is 11.6 Å². The van der Waals surface area contributed by atoms with Crippen LogP contribution in [-0.2, 0) is 6.42 Å². The number of benzene rings is 1. The van der Waals surface area contributed by atoms with E-state index in [0.717, 1.165) is 5.56 Å². The summed E-state index contributed by atoms with van der Waals surface area (Å²) in [6, 6.07) is 9.52. The fraction of sp³-hybridized carbons (Fsp3) is 0.154. The number of ether oxygens (including phenoxy) is 1. The number of nitro groups is 1. The van der Waals surface area contributed by atoms with Gasteiger partial charge in [0.15, 0.2) is 0 Å². The van der Waals surface area contributed by atoms with E-state index in [1.807, 2.05) is 0 Å². The maximum Gasteiger partial charge on any atom is 0.331 e. The molecule has 0 aliphatic rings. The largest absolute Gasteiger partial charge is 0.433 e. The summed E-state index contributed by atoms with van der Waals surface area (Å²) < 4.78 is 5.49. The maximum atomic E-state index is 10.9. The molecule has 0 amide bonds. The van der Waals surface area contributed by atoms with Crippen molar-refractivity contribution >= 4 is 11.5 Å². The van der Waals surface area contributed by atoms with Gasteiger partial charge in [0.1, 0.15) is 11.6 Å². The molecule has 0 aliphatic carbocycles. The summed E-state index contributed by atoms with van der Waals surface area (Å²) in [5, 5.41) is 19.9. The summed E-state index contributed by atoms with van der Waals surface area (Å²) in [4.78, 5) is 14.2. The zero-order valence-electron chi connectivity index (χ0n) is 10.5. The van der Waals surface area contributed by atoms with Gasteiger partial charge in [0, 0.05) is 12.7 Å². The Balaban J connectivity index is 2.39. The number of nitrogens with two attached hydrogens (primary N) is 1. The number of aliphatic hydroxyl groups excluding tert-OH is 1. The number of nitrogen functional groups attached to an aromatic ring is 1. The minimum atomic E-state index is -0.587. The zero-order chi connectivity index (χ0) is 14.5. The molecule has 2 aromatic rings. The molecule has 0 bridgehead atoms. The Kier molecular flexibility index (Phi) is 4.11. The Bertz CT molecular complexity index is 631. The van der Waals surface area contributed by atoms with Crippen LogP contribution in [0.4, 0.5) is 11.5 Å². The van der Waals surface area contributed by atoms with Crippen LogP contribution in [0.25, 0.3) is 0 Å². The van der Waals surface area contributed by atoms with Crippen LogP contribution in [0, 0.1) is 10.1 Å². The third kappa shape index (κ3) is 3.01. The van der Waals surface area contributed by atoms with Crippen molar-refractivity contribution in [3.8, 4) is 11.6 Å². The van der Waals surface area contributed by atoms with Crippen molar-refractivity contribution in [2.75, 3.05) is 12.3 Å². The minimum absolute atomic E-state index is 0.0488. The lowest BCUT2D eigenvalue weighted by molar-refractivity contribution is -0.386. The number of pyridine rings is 1. The van der Waals surface area contributed by atoms with Crippen molar-refractivity contribution < 1.29 is 14.8 Å². The molecule has 1 heterocycles. The molecule has 2 rings (SSSR count). The van der Waals surface area contributed by atoms with E-state index in [2.05, 4.69) is 4.98 Å². The highest BCUT2D eigenvalue weighted by Crippen LogP contribution is 2.31. The molecule has 0 saturated carbocycles. The molecular weight excluding hydrogens is 262 g/mol. The molecule has 0 fully saturated rings. The number of aromatic nitrogens is 1. The van der Waals surface area contributed by atoms with Gasteiger partial charge in [-0.2, -0.15) is 4.98 Å². The van der Waals surface area contributed by atoms with Crippen LogP contribution in [0.3, 0.4) is 0 Å². The quantitative estimate of drug-likeness (QED) is 0.636. The third-order valence-corrected chi connectivity index (χ3v) is 2.62. The first-order valence-electron chi connectivity index (χ1n) is 5.89. The summed E-state index contributed by atoms with van der Waals surface area (Å²) in [6.45, 7) is -0.0488. The van der Waals surface area contributed by atoms with Gasteiger partial charge in [0.2, 0.25) is 0 Å². The Morgan fingerprint density at radius 3 is 2.75 bits per heavy atom. The monoisotopic (exact) mass is 275 g/mol. The van der Waals surface area contributed by atoms with Crippen LogP contribution in [0.1, 0.15) is 5.56 Å². The minimum Gasteiger partial charge on any atom is -0.433 e. The van der Waals surface area contributed by atoms with E-state index in [1.54, 1.807) is 24.3 Å². The van der Waals surface area contributed by atoms with Gasteiger partial charge in [-0.1, -0.05) is 18.2 Å². The summed E-state index contributed by atoms with van der Waals surface area (Å²) in [6.07, 6.45) is 0.381. The highest BCUT2D eigenvalue weighted by Gasteiger charge is 2.18. The molecule has 7 nitrogen and oxygen atoms in total. The SMILES string of the molecule is Nc1ccc([N+](=O)[O-])c(Oc2ccccc2CCO)n1. The van der Waals surface area contributed by atoms with Crippen LogP contribution in [0.15, 0.2) is 36.4 Å². The van der Waals surface area contributed by atoms with E-state index >= 15 is 0 Å². The first-order chi connectivity index (χ1) is 9.61. The lowest BCUT2D eigenvalue weighted by Gasteiger charge is -2.10. The molecule has 0 radical (unpaired) electrons. The van der Waals surface area contributed by atoms with Crippen LogP contribution < -0.4 is 10.5 Å². The average Bonchev–Trinajstić information content (AvgIpc) is 2.41. The number of anilines is 1. The molecule has 104 valence electrons. The number of nitrogens with zero attached hydrogens (tertiary/aromatic N) is 2. The normalized spacial score (nSPS) is 10.2. The number of hydrogen-bond acceptors (Lipinski definition) is 6. The van der Waals surface area contributed by atoms with Gasteiger partial charge in [0.25, 0.3) is 0 Å². The fourth-order valence-electron chi connectivity index (χ4n) is 1.70. The van der Waals surface area contributed by atoms with E-state index < -0.39 is 4.92 Å². The van der Waals surface area contributed by atoms with E-state index in [4.69, 9.17) is 15.6 Å². The number of hydrogen-bond donors (Lipinski definition) is 2. The average molecular weight is 275 g/mol. The molecular formula is C13H13N3O4. The second-order valence-corrected chi connectivity index (χ2v) is 4.00. The smallest absolute Gasteiger partial charge is 0.331 e. The lowest BCUT2D eigenvalue weighted by Crippen LogP contribution is -2.01. The molecule has 1 aromatic heterocycles. The lowest BCUT2D eigenvalue weighted by atomic mass is 10.1. The molecule has 0 atom stereocenters. The molecule has 0 spiro atoms. The molecule has 20 heavy (non-hydrogen) atoms. The summed E-state index contributed by atoms with van der Waals surface area (Å²) in [5.41, 5.74) is 5.99. The van der Waals surface area contributed by atoms with Gasteiger partial charge >= 0.3 is 11.6 Å². The van der Waals surface area contributed by atoms with E-state index in [9.17, 15) is 10.1 Å². The number of rotatable bonds is 5. The third-order valence-electron chi connectivity index (χ3n) is 2.62. The maximum absolute atomic E-state index is 10.9. The molecule has 3 N–H and O–H groups in total. The Labute approximate surface area is 114 Å². The highest BCUT2D eigenvalue weighted by molar-refractivity contribution is 5.49. The van der Waals surface area contributed by atoms with Crippen molar-refractivity contribution in [3.05, 3.63) is 52.1 Å². The van der Waals surface area contributed by atoms with Crippen LogP contribution in [0.2, 0.25) is 0 Å². The van der Waals surface area contributed by atoms with Crippen molar-refractivity contribution in [2.45, 2.75) is 6.42 Å². The van der Waals surface area contributed by atoms with E-state index in [1.165, 1.54) is 12.1 Å². The molecule has 7 heteroatoms. The first kappa shape index (κ1) is 13.8. The van der Waals surface area contributed by atoms with Crippen molar-refractivity contribution in [3.63, 3.8) is 0 Å². The number of aliphatic hydroxyl groups is 1. The van der Waals surface area contributed by atoms with E-state index in [-0.39, 0.29) is 24.0 Å². The van der Waals surface area contributed by atoms with Gasteiger partial charge in [-0.25, -0.2) is 0 Å². The fourth-order valence-corrected chi connectivity index (χ4v) is 1.70. The summed E-state index contributed by atoms with van der Waals surface area (Å²) >= 11 is 0. The van der Waals surface area contributed by atoms with Crippen molar-refractivity contribution in [1.29, 1.82) is 0 Å². The number of para-hydroxylation sites is 1. The van der Waals surface area contributed by atoms with Crippen LogP contribution >= 0.6 is 0 Å². The Hall–Kier alpha value is -2.67. The second-order valence-electron chi connectivity index (χ2n) is 4.00. The Morgan fingerprint density at radius 2 is 2.05 bits per heavy atom. The molecule has 0 unspecified atom stereocenters. The molecule has 0 saturated heterocycles. The van der Waals surface area contributed by atoms with Crippen molar-refractivity contribution in [2.24, 2.45) is 0 Å². The van der Waals surface area contributed by atoms with Crippen LogP contribution in [-0.4, -0.2) is 21.6 Å². The van der Waals surface area contributed by atoms with Gasteiger partial charge in [-0.3, -0.25) is 10.1 Å². The van der Waals surface area contributed by atoms with Gasteiger partial charge in [-0.05, 0) is 24.1 Å². The Morgan fingerprint density at radius 1 is 1.30 bits per heavy atom. The highest BCUT2D eigenvalue weighted by atomic mass is 16.6. The van der Waals surface area contributed by atoms with Gasteiger partial charge in [0.05, 0.1) is 4.92 Å². The summed E-state index contributed by atoms with van der Waals surface area (Å²) in [5.74, 6) is 0.369. The van der Waals surface area contributed by atoms with Crippen molar-refractivity contribution in [1.82, 2.24) is 4.98 Å². The van der Waals surface area contributed by atoms with Gasteiger partial charge < -0.3 is 15.6 Å². The second kappa shape index (κ2) is 5.98. The molecule has 1 aromatic carbocycles. The summed E-state index contributed by atoms with van der Waals surface area (Å²) in [7, 11) is 0. The van der Waals surface area contributed by atoms with E-state index in [0.29, 0.717) is 12.2 Å². The standard InChI is InChI=1S/C13H13N3O4/c14-12-6-5-10(16(18)19)13(15-12)20-11-4-2-1-3-9(11)7-8-17/h1-6,17H,7-8H2,(H2,14,15). The predicted molar refractivity (Wildman–Crippen MR) is 72.6 cm³/mol. The first-order valence-corrected chi connectivity index (χ1v) is 5.89. The van der Waals surface area contributed by atoms with Gasteiger partial charge in [-0.15, -0.1) is 0 Å².